The van der Waals surface area contributed by atoms with Crippen LogP contribution in [-0.2, 0) is 21.4 Å². The van der Waals surface area contributed by atoms with E-state index < -0.39 is 15.8 Å². The highest BCUT2D eigenvalue weighted by Crippen LogP contribution is 2.28. The fourth-order valence-electron chi connectivity index (χ4n) is 4.27. The van der Waals surface area contributed by atoms with Crippen molar-refractivity contribution in [2.45, 2.75) is 57.5 Å². The van der Waals surface area contributed by atoms with Crippen LogP contribution in [0.3, 0.4) is 0 Å². The van der Waals surface area contributed by atoms with Crippen molar-refractivity contribution in [3.63, 3.8) is 0 Å². The predicted molar refractivity (Wildman–Crippen MR) is 122 cm³/mol. The Morgan fingerprint density at radius 1 is 1.15 bits per heavy atom. The highest BCUT2D eigenvalue weighted by molar-refractivity contribution is 7.89. The third-order valence-corrected chi connectivity index (χ3v) is 7.94. The molecule has 1 aromatic carbocycles. The van der Waals surface area contributed by atoms with Gasteiger partial charge in [0.15, 0.2) is 5.58 Å². The largest absolute Gasteiger partial charge is 0.465 e. The van der Waals surface area contributed by atoms with Crippen molar-refractivity contribution in [3.05, 3.63) is 52.4 Å². The molecule has 1 amide bonds. The normalized spacial score (nSPS) is 16.0. The molecule has 0 unspecified atom stereocenters. The number of fused-ring (bicyclic) bond motifs is 1. The summed E-state index contributed by atoms with van der Waals surface area (Å²) >= 11 is 0. The molecule has 0 aliphatic carbocycles. The molecule has 4 rings (SSSR count). The predicted octanol–water partition coefficient (Wildman–Crippen LogP) is 3.18. The maximum absolute atomic E-state index is 13.2. The molecule has 0 saturated carbocycles. The SMILES string of the molecule is Cc1ccc(CNC(=O)CC2CCN(S(=O)(=O)c3ccc4c(c3)oc(=O)n4C(C)C)CC2)o1. The summed E-state index contributed by atoms with van der Waals surface area (Å²) in [4.78, 5) is 24.5. The summed E-state index contributed by atoms with van der Waals surface area (Å²) in [5.74, 6) is 1.05. The molecule has 2 aromatic heterocycles. The molecule has 0 radical (unpaired) electrons. The number of hydrogen-bond acceptors (Lipinski definition) is 6. The molecule has 10 heteroatoms. The minimum atomic E-state index is -3.72. The van der Waals surface area contributed by atoms with Crippen LogP contribution in [0.4, 0.5) is 0 Å². The lowest BCUT2D eigenvalue weighted by molar-refractivity contribution is -0.122. The zero-order valence-corrected chi connectivity index (χ0v) is 19.9. The van der Waals surface area contributed by atoms with Gasteiger partial charge in [-0.3, -0.25) is 9.36 Å². The summed E-state index contributed by atoms with van der Waals surface area (Å²) < 4.78 is 40.0. The van der Waals surface area contributed by atoms with Crippen LogP contribution >= 0.6 is 0 Å². The number of furan rings is 1. The number of benzene rings is 1. The summed E-state index contributed by atoms with van der Waals surface area (Å²) in [7, 11) is -3.72. The third-order valence-electron chi connectivity index (χ3n) is 6.04. The van der Waals surface area contributed by atoms with Crippen LogP contribution in [0.15, 0.2) is 48.9 Å². The summed E-state index contributed by atoms with van der Waals surface area (Å²) in [5.41, 5.74) is 0.830. The second kappa shape index (κ2) is 9.18. The van der Waals surface area contributed by atoms with E-state index in [0.29, 0.717) is 50.2 Å². The molecule has 178 valence electrons. The van der Waals surface area contributed by atoms with Crippen LogP contribution in [0.25, 0.3) is 11.1 Å². The monoisotopic (exact) mass is 475 g/mol. The fourth-order valence-corrected chi connectivity index (χ4v) is 5.75. The highest BCUT2D eigenvalue weighted by atomic mass is 32.2. The van der Waals surface area contributed by atoms with E-state index in [-0.39, 0.29) is 28.3 Å². The Labute approximate surface area is 192 Å². The van der Waals surface area contributed by atoms with Gasteiger partial charge >= 0.3 is 5.76 Å². The molecule has 1 aliphatic heterocycles. The lowest BCUT2D eigenvalue weighted by atomic mass is 9.94. The van der Waals surface area contributed by atoms with E-state index in [0.717, 1.165) is 5.76 Å². The molecule has 1 N–H and O–H groups in total. The number of aromatic nitrogens is 1. The molecule has 33 heavy (non-hydrogen) atoms. The minimum Gasteiger partial charge on any atom is -0.465 e. The first kappa shape index (κ1) is 23.3. The van der Waals surface area contributed by atoms with Crippen LogP contribution in [-0.4, -0.2) is 36.3 Å². The first-order valence-electron chi connectivity index (χ1n) is 11.1. The molecule has 0 bridgehead atoms. The molecular formula is C23H29N3O6S. The zero-order chi connectivity index (χ0) is 23.8. The number of oxazole rings is 1. The molecule has 1 aliphatic rings. The fraction of sp³-hybridized carbons (Fsp3) is 0.478. The van der Waals surface area contributed by atoms with Gasteiger partial charge in [-0.2, -0.15) is 4.31 Å². The molecule has 1 saturated heterocycles. The summed E-state index contributed by atoms with van der Waals surface area (Å²) in [6.07, 6.45) is 1.56. The van der Waals surface area contributed by atoms with Crippen molar-refractivity contribution in [1.29, 1.82) is 0 Å². The van der Waals surface area contributed by atoms with Crippen LogP contribution in [0.5, 0.6) is 0 Å². The first-order chi connectivity index (χ1) is 15.6. The molecule has 9 nitrogen and oxygen atoms in total. The van der Waals surface area contributed by atoms with Gasteiger partial charge in [0, 0.05) is 31.6 Å². The number of rotatable bonds is 7. The van der Waals surface area contributed by atoms with Crippen molar-refractivity contribution < 1.29 is 22.0 Å². The smallest absolute Gasteiger partial charge is 0.420 e. The zero-order valence-electron chi connectivity index (χ0n) is 19.0. The summed E-state index contributed by atoms with van der Waals surface area (Å²) in [6, 6.07) is 8.13. The lowest BCUT2D eigenvalue weighted by Crippen LogP contribution is -2.39. The summed E-state index contributed by atoms with van der Waals surface area (Å²) in [6.45, 7) is 6.60. The van der Waals surface area contributed by atoms with Crippen LogP contribution in [0.1, 0.15) is 50.7 Å². The van der Waals surface area contributed by atoms with Gasteiger partial charge in [-0.25, -0.2) is 13.2 Å². The number of amides is 1. The number of carbonyl (C=O) groups excluding carboxylic acids is 1. The number of piperidine rings is 1. The van der Waals surface area contributed by atoms with Crippen LogP contribution in [0.2, 0.25) is 0 Å². The number of hydrogen-bond donors (Lipinski definition) is 1. The molecule has 0 atom stereocenters. The number of nitrogens with one attached hydrogen (secondary N) is 1. The van der Waals surface area contributed by atoms with Crippen molar-refractivity contribution >= 4 is 27.0 Å². The second-order valence-corrected chi connectivity index (χ2v) is 10.7. The van der Waals surface area contributed by atoms with Crippen molar-refractivity contribution in [2.75, 3.05) is 13.1 Å². The topological polar surface area (TPSA) is 115 Å². The van der Waals surface area contributed by atoms with Crippen molar-refractivity contribution in [2.24, 2.45) is 5.92 Å². The van der Waals surface area contributed by atoms with E-state index in [4.69, 9.17) is 8.83 Å². The van der Waals surface area contributed by atoms with Crippen LogP contribution in [0, 0.1) is 12.8 Å². The number of nitrogens with zero attached hydrogens (tertiary/aromatic N) is 2. The Hall–Kier alpha value is -2.85. The minimum absolute atomic E-state index is 0.0690. The van der Waals surface area contributed by atoms with Gasteiger partial charge in [-0.1, -0.05) is 0 Å². The maximum atomic E-state index is 13.2. The molecular weight excluding hydrogens is 446 g/mol. The third kappa shape index (κ3) is 4.91. The maximum Gasteiger partial charge on any atom is 0.420 e. The Morgan fingerprint density at radius 3 is 2.52 bits per heavy atom. The standard InChI is InChI=1S/C23H29N3O6S/c1-15(2)26-20-7-6-19(13-21(20)32-23(26)28)33(29,30)25-10-8-17(9-11-25)12-22(27)24-14-18-5-4-16(3)31-18/h4-7,13,15,17H,8-12,14H2,1-3H3,(H,24,27). The average molecular weight is 476 g/mol. The number of carbonyl (C=O) groups is 1. The Balaban J connectivity index is 1.36. The summed E-state index contributed by atoms with van der Waals surface area (Å²) in [5, 5.41) is 2.86. The highest BCUT2D eigenvalue weighted by Gasteiger charge is 2.31. The number of aryl methyl sites for hydroxylation is 1. The van der Waals surface area contributed by atoms with Gasteiger partial charge in [0.25, 0.3) is 0 Å². The molecule has 1 fully saturated rings. The lowest BCUT2D eigenvalue weighted by Gasteiger charge is -2.31. The molecule has 3 aromatic rings. The second-order valence-electron chi connectivity index (χ2n) is 8.80. The van der Waals surface area contributed by atoms with E-state index in [1.165, 1.54) is 21.0 Å². The Kier molecular flexibility index (Phi) is 6.49. The van der Waals surface area contributed by atoms with E-state index in [1.54, 1.807) is 6.07 Å². The van der Waals surface area contributed by atoms with Gasteiger partial charge in [0.2, 0.25) is 15.9 Å². The number of sulfonamides is 1. The molecule has 3 heterocycles. The quantitative estimate of drug-likeness (QED) is 0.561. The van der Waals surface area contributed by atoms with Gasteiger partial charge in [-0.15, -0.1) is 0 Å². The van der Waals surface area contributed by atoms with Gasteiger partial charge in [-0.05, 0) is 63.8 Å². The van der Waals surface area contributed by atoms with E-state index in [2.05, 4.69) is 5.32 Å². The van der Waals surface area contributed by atoms with Gasteiger partial charge < -0.3 is 14.2 Å². The Morgan fingerprint density at radius 2 is 1.88 bits per heavy atom. The Bertz CT molecular complexity index is 1310. The van der Waals surface area contributed by atoms with Crippen LogP contribution < -0.4 is 11.1 Å². The van der Waals surface area contributed by atoms with Gasteiger partial charge in [0.05, 0.1) is 17.0 Å². The van der Waals surface area contributed by atoms with Gasteiger partial charge in [0.1, 0.15) is 11.5 Å². The average Bonchev–Trinajstić information content (AvgIpc) is 3.33. The van der Waals surface area contributed by atoms with Crippen molar-refractivity contribution in [3.8, 4) is 0 Å². The molecule has 0 spiro atoms. The van der Waals surface area contributed by atoms with E-state index >= 15 is 0 Å². The van der Waals surface area contributed by atoms with E-state index in [1.807, 2.05) is 32.9 Å². The van der Waals surface area contributed by atoms with E-state index in [9.17, 15) is 18.0 Å². The van der Waals surface area contributed by atoms with Crippen molar-refractivity contribution in [1.82, 2.24) is 14.2 Å². The first-order valence-corrected chi connectivity index (χ1v) is 12.6.